The molecule has 6 nitrogen and oxygen atoms in total. The van der Waals surface area contributed by atoms with Gasteiger partial charge in [-0.1, -0.05) is 0 Å². The van der Waals surface area contributed by atoms with Crippen LogP contribution >= 0.6 is 0 Å². The zero-order valence-corrected chi connectivity index (χ0v) is 7.36. The lowest BCUT2D eigenvalue weighted by Gasteiger charge is -1.98. The molecular weight excluding hydrogens is 176 g/mol. The van der Waals surface area contributed by atoms with E-state index in [0.29, 0.717) is 0 Å². The fourth-order valence-electron chi connectivity index (χ4n) is 0.792. The van der Waals surface area contributed by atoms with Gasteiger partial charge in [0.1, 0.15) is 0 Å². The Morgan fingerprint density at radius 2 is 2.38 bits per heavy atom. The number of aromatic nitrogens is 2. The molecule has 1 N–H and O–H groups in total. The lowest BCUT2D eigenvalue weighted by atomic mass is 10.6. The number of hydrogen-bond donors (Lipinski definition) is 1. The minimum atomic E-state index is -0.876. The first-order valence-corrected chi connectivity index (χ1v) is 3.73. The molecule has 1 heterocycles. The Hall–Kier alpha value is -1.72. The van der Waals surface area contributed by atoms with Crippen molar-refractivity contribution >= 4 is 6.16 Å². The van der Waals surface area contributed by atoms with Gasteiger partial charge in [0.15, 0.2) is 0 Å². The Balaban J connectivity index is 2.69. The van der Waals surface area contributed by atoms with Gasteiger partial charge in [0.25, 0.3) is 0 Å². The van der Waals surface area contributed by atoms with Gasteiger partial charge in [-0.25, -0.2) is 4.79 Å². The second kappa shape index (κ2) is 3.79. The summed E-state index contributed by atoms with van der Waals surface area (Å²) in [6.45, 7) is 1.86. The highest BCUT2D eigenvalue weighted by molar-refractivity contribution is 5.63. The second-order valence-corrected chi connectivity index (χ2v) is 2.33. The molecule has 13 heavy (non-hydrogen) atoms. The van der Waals surface area contributed by atoms with Crippen LogP contribution in [0.5, 0.6) is 5.75 Å². The van der Waals surface area contributed by atoms with Crippen molar-refractivity contribution in [1.82, 2.24) is 9.78 Å². The molecule has 0 saturated carbocycles. The number of nitrogens with zero attached hydrogens (tertiary/aromatic N) is 1. The number of H-pyrrole nitrogens is 1. The summed E-state index contributed by atoms with van der Waals surface area (Å²) < 4.78 is 10.5. The average molecular weight is 186 g/mol. The van der Waals surface area contributed by atoms with Gasteiger partial charge in [0.05, 0.1) is 12.8 Å². The number of rotatable bonds is 2. The summed E-state index contributed by atoms with van der Waals surface area (Å²) in [5.74, 6) is -0.0686. The van der Waals surface area contributed by atoms with Crippen LogP contribution in [-0.4, -0.2) is 22.5 Å². The van der Waals surface area contributed by atoms with E-state index in [0.717, 1.165) is 0 Å². The minimum absolute atomic E-state index is 0.0686. The minimum Gasteiger partial charge on any atom is -0.434 e. The van der Waals surface area contributed by atoms with Crippen LogP contribution in [0.25, 0.3) is 0 Å². The molecule has 0 spiro atoms. The quantitative estimate of drug-likeness (QED) is 0.672. The maximum absolute atomic E-state index is 11.0. The maximum Gasteiger partial charge on any atom is 0.514 e. The van der Waals surface area contributed by atoms with Gasteiger partial charge in [0, 0.05) is 7.05 Å². The average Bonchev–Trinajstić information content (AvgIpc) is 2.30. The van der Waals surface area contributed by atoms with Gasteiger partial charge >= 0.3 is 11.7 Å². The van der Waals surface area contributed by atoms with Gasteiger partial charge < -0.3 is 9.47 Å². The molecule has 0 aliphatic rings. The second-order valence-electron chi connectivity index (χ2n) is 2.33. The van der Waals surface area contributed by atoms with Crippen LogP contribution in [0.15, 0.2) is 11.0 Å². The van der Waals surface area contributed by atoms with Crippen LogP contribution in [0.4, 0.5) is 4.79 Å². The molecule has 0 aliphatic carbocycles. The molecule has 72 valence electrons. The zero-order valence-electron chi connectivity index (χ0n) is 7.36. The molecule has 0 radical (unpaired) electrons. The standard InChI is InChI=1S/C7H10N2O4/c1-3-12-7(11)13-5-4-9(2)8-6(5)10/h4H,3H2,1-2H3,(H,8,10). The van der Waals surface area contributed by atoms with Gasteiger partial charge in [0.2, 0.25) is 5.75 Å². The highest BCUT2D eigenvalue weighted by atomic mass is 16.7. The molecule has 0 fully saturated rings. The Kier molecular flexibility index (Phi) is 2.73. The van der Waals surface area contributed by atoms with Crippen molar-refractivity contribution in [3.8, 4) is 5.75 Å². The smallest absolute Gasteiger partial charge is 0.434 e. The molecule has 0 aromatic carbocycles. The zero-order chi connectivity index (χ0) is 9.84. The summed E-state index contributed by atoms with van der Waals surface area (Å²) in [5.41, 5.74) is -0.462. The van der Waals surface area contributed by atoms with Crippen LogP contribution in [0.3, 0.4) is 0 Å². The summed E-state index contributed by atoms with van der Waals surface area (Å²) in [6, 6.07) is 0. The molecular formula is C7H10N2O4. The summed E-state index contributed by atoms with van der Waals surface area (Å²) in [4.78, 5) is 21.7. The van der Waals surface area contributed by atoms with Crippen LogP contribution in [0, 0.1) is 0 Å². The largest absolute Gasteiger partial charge is 0.514 e. The number of nitrogens with one attached hydrogen (secondary N) is 1. The molecule has 0 bridgehead atoms. The molecule has 0 unspecified atom stereocenters. The van der Waals surface area contributed by atoms with Crippen molar-refractivity contribution in [2.24, 2.45) is 7.05 Å². The highest BCUT2D eigenvalue weighted by Crippen LogP contribution is 2.01. The maximum atomic E-state index is 11.0. The third kappa shape index (κ3) is 2.36. The SMILES string of the molecule is CCOC(=O)Oc1cn(C)[nH]c1=O. The Morgan fingerprint density at radius 1 is 1.69 bits per heavy atom. The molecule has 0 amide bonds. The number of aryl methyl sites for hydroxylation is 1. The first-order valence-electron chi connectivity index (χ1n) is 3.73. The van der Waals surface area contributed by atoms with Crippen molar-refractivity contribution in [2.75, 3.05) is 6.61 Å². The predicted molar refractivity (Wildman–Crippen MR) is 43.7 cm³/mol. The van der Waals surface area contributed by atoms with E-state index in [9.17, 15) is 9.59 Å². The van der Waals surface area contributed by atoms with Gasteiger partial charge in [-0.05, 0) is 6.92 Å². The molecule has 1 rings (SSSR count). The first-order chi connectivity index (χ1) is 6.13. The van der Waals surface area contributed by atoms with E-state index in [1.807, 2.05) is 0 Å². The van der Waals surface area contributed by atoms with Gasteiger partial charge in [-0.15, -0.1) is 0 Å². The summed E-state index contributed by atoms with van der Waals surface area (Å²) in [5, 5.41) is 2.38. The highest BCUT2D eigenvalue weighted by Gasteiger charge is 2.09. The molecule has 1 aromatic heterocycles. The number of carbonyl (C=O) groups is 1. The van der Waals surface area contributed by atoms with Crippen molar-refractivity contribution in [3.05, 3.63) is 16.6 Å². The van der Waals surface area contributed by atoms with E-state index in [2.05, 4.69) is 14.6 Å². The summed E-state index contributed by atoms with van der Waals surface area (Å²) >= 11 is 0. The number of aromatic amines is 1. The monoisotopic (exact) mass is 186 g/mol. The Bertz CT molecular complexity index is 352. The van der Waals surface area contributed by atoms with Gasteiger partial charge in [-0.2, -0.15) is 0 Å². The van der Waals surface area contributed by atoms with Crippen molar-refractivity contribution < 1.29 is 14.3 Å². The third-order valence-electron chi connectivity index (χ3n) is 1.27. The van der Waals surface area contributed by atoms with Crippen LogP contribution < -0.4 is 10.3 Å². The molecule has 6 heteroatoms. The third-order valence-corrected chi connectivity index (χ3v) is 1.27. The first kappa shape index (κ1) is 9.37. The molecule has 1 aromatic rings. The Labute approximate surface area is 74.0 Å². The van der Waals surface area contributed by atoms with Crippen molar-refractivity contribution in [1.29, 1.82) is 0 Å². The van der Waals surface area contributed by atoms with E-state index in [4.69, 9.17) is 0 Å². The fraction of sp³-hybridized carbons (Fsp3) is 0.429. The number of hydrogen-bond acceptors (Lipinski definition) is 4. The normalized spacial score (nSPS) is 9.69. The van der Waals surface area contributed by atoms with E-state index in [1.54, 1.807) is 14.0 Å². The summed E-state index contributed by atoms with van der Waals surface area (Å²) in [7, 11) is 1.61. The number of carbonyl (C=O) groups excluding carboxylic acids is 1. The van der Waals surface area contributed by atoms with Gasteiger partial charge in [-0.3, -0.25) is 14.6 Å². The van der Waals surface area contributed by atoms with E-state index in [1.165, 1.54) is 10.9 Å². The topological polar surface area (TPSA) is 73.3 Å². The number of ether oxygens (including phenoxy) is 2. The van der Waals surface area contributed by atoms with Crippen LogP contribution in [0.2, 0.25) is 0 Å². The predicted octanol–water partition coefficient (Wildman–Crippen LogP) is 0.249. The van der Waals surface area contributed by atoms with Crippen LogP contribution in [-0.2, 0) is 11.8 Å². The van der Waals surface area contributed by atoms with E-state index in [-0.39, 0.29) is 12.4 Å². The van der Waals surface area contributed by atoms with E-state index < -0.39 is 11.7 Å². The molecule has 0 aliphatic heterocycles. The summed E-state index contributed by atoms with van der Waals surface area (Å²) in [6.07, 6.45) is 0.485. The van der Waals surface area contributed by atoms with Crippen molar-refractivity contribution in [3.63, 3.8) is 0 Å². The fourth-order valence-corrected chi connectivity index (χ4v) is 0.792. The lowest BCUT2D eigenvalue weighted by Crippen LogP contribution is -2.14. The van der Waals surface area contributed by atoms with Crippen LogP contribution in [0.1, 0.15) is 6.92 Å². The molecule has 0 saturated heterocycles. The molecule has 0 atom stereocenters. The van der Waals surface area contributed by atoms with E-state index >= 15 is 0 Å². The Morgan fingerprint density at radius 3 is 2.85 bits per heavy atom. The van der Waals surface area contributed by atoms with Crippen molar-refractivity contribution in [2.45, 2.75) is 6.92 Å². The lowest BCUT2D eigenvalue weighted by molar-refractivity contribution is 0.104.